The third-order valence-electron chi connectivity index (χ3n) is 4.26. The second-order valence-corrected chi connectivity index (χ2v) is 5.92. The highest BCUT2D eigenvalue weighted by Gasteiger charge is 2.28. The van der Waals surface area contributed by atoms with Crippen LogP contribution >= 0.6 is 0 Å². The Labute approximate surface area is 115 Å². The van der Waals surface area contributed by atoms with Crippen LogP contribution in [0.15, 0.2) is 18.2 Å². The monoisotopic (exact) mass is 261 g/mol. The zero-order chi connectivity index (χ0) is 13.2. The van der Waals surface area contributed by atoms with Crippen LogP contribution in [0, 0.1) is 5.92 Å². The number of anilines is 1. The van der Waals surface area contributed by atoms with E-state index in [1.165, 1.54) is 5.56 Å². The summed E-state index contributed by atoms with van der Waals surface area (Å²) in [4.78, 5) is 0. The molecule has 1 saturated heterocycles. The van der Waals surface area contributed by atoms with E-state index in [1.54, 1.807) is 0 Å². The maximum atomic E-state index is 5.92. The lowest BCUT2D eigenvalue weighted by molar-refractivity contribution is 0.0536. The normalized spacial score (nSPS) is 23.6. The average Bonchev–Trinajstić information content (AvgIpc) is 2.47. The number of hydrogen-bond acceptors (Lipinski definition) is 3. The first-order valence-corrected chi connectivity index (χ1v) is 7.35. The molecular weight excluding hydrogens is 238 g/mol. The summed E-state index contributed by atoms with van der Waals surface area (Å²) in [5, 5.41) is 3.68. The van der Waals surface area contributed by atoms with E-state index in [4.69, 9.17) is 9.47 Å². The van der Waals surface area contributed by atoms with E-state index in [2.05, 4.69) is 37.4 Å². The summed E-state index contributed by atoms with van der Waals surface area (Å²) < 4.78 is 11.4. The van der Waals surface area contributed by atoms with Gasteiger partial charge in [-0.05, 0) is 42.4 Å². The van der Waals surface area contributed by atoms with Gasteiger partial charge in [-0.1, -0.05) is 19.9 Å². The van der Waals surface area contributed by atoms with Crippen LogP contribution in [-0.2, 0) is 4.74 Å². The predicted molar refractivity (Wildman–Crippen MR) is 77.0 cm³/mol. The number of fused-ring (bicyclic) bond motifs is 1. The summed E-state index contributed by atoms with van der Waals surface area (Å²) >= 11 is 0. The van der Waals surface area contributed by atoms with Crippen molar-refractivity contribution in [3.63, 3.8) is 0 Å². The molecule has 0 aliphatic carbocycles. The van der Waals surface area contributed by atoms with Gasteiger partial charge in [-0.15, -0.1) is 0 Å². The van der Waals surface area contributed by atoms with Crippen molar-refractivity contribution in [1.29, 1.82) is 0 Å². The van der Waals surface area contributed by atoms with E-state index in [1.807, 2.05) is 0 Å². The third-order valence-corrected chi connectivity index (χ3v) is 4.26. The van der Waals surface area contributed by atoms with Gasteiger partial charge < -0.3 is 14.8 Å². The Balaban J connectivity index is 1.76. The summed E-state index contributed by atoms with van der Waals surface area (Å²) in [5.74, 6) is 2.22. The SMILES string of the molecule is CC(C)c1ccc2c(c1)NC(C1CCOCC1)CO2. The van der Waals surface area contributed by atoms with Crippen LogP contribution in [0.4, 0.5) is 5.69 Å². The first-order chi connectivity index (χ1) is 9.24. The average molecular weight is 261 g/mol. The maximum Gasteiger partial charge on any atom is 0.142 e. The Morgan fingerprint density at radius 2 is 2.00 bits per heavy atom. The number of rotatable bonds is 2. The second kappa shape index (κ2) is 5.41. The molecule has 1 fully saturated rings. The number of nitrogens with one attached hydrogen (secondary N) is 1. The molecule has 3 heteroatoms. The van der Waals surface area contributed by atoms with E-state index >= 15 is 0 Å². The summed E-state index contributed by atoms with van der Waals surface area (Å²) in [5.41, 5.74) is 2.52. The van der Waals surface area contributed by atoms with Crippen LogP contribution in [0.2, 0.25) is 0 Å². The lowest BCUT2D eigenvalue weighted by Crippen LogP contribution is -2.40. The molecule has 1 unspecified atom stereocenters. The van der Waals surface area contributed by atoms with Crippen LogP contribution < -0.4 is 10.1 Å². The molecular formula is C16H23NO2. The lowest BCUT2D eigenvalue weighted by atomic mass is 9.91. The number of benzene rings is 1. The van der Waals surface area contributed by atoms with Gasteiger partial charge in [-0.25, -0.2) is 0 Å². The van der Waals surface area contributed by atoms with Gasteiger partial charge >= 0.3 is 0 Å². The molecule has 104 valence electrons. The first kappa shape index (κ1) is 12.8. The van der Waals surface area contributed by atoms with Gasteiger partial charge in [0, 0.05) is 13.2 Å². The molecule has 1 aromatic rings. The molecule has 0 amide bonds. The fourth-order valence-electron chi connectivity index (χ4n) is 2.94. The van der Waals surface area contributed by atoms with E-state index < -0.39 is 0 Å². The highest BCUT2D eigenvalue weighted by molar-refractivity contribution is 5.60. The molecule has 1 aromatic carbocycles. The van der Waals surface area contributed by atoms with E-state index in [-0.39, 0.29) is 0 Å². The Morgan fingerprint density at radius 3 is 2.74 bits per heavy atom. The summed E-state index contributed by atoms with van der Waals surface area (Å²) in [7, 11) is 0. The van der Waals surface area contributed by atoms with Crippen molar-refractivity contribution in [2.24, 2.45) is 5.92 Å². The number of hydrogen-bond donors (Lipinski definition) is 1. The molecule has 3 nitrogen and oxygen atoms in total. The van der Waals surface area contributed by atoms with Gasteiger partial charge in [0.15, 0.2) is 0 Å². The Bertz CT molecular complexity index is 438. The predicted octanol–water partition coefficient (Wildman–Crippen LogP) is 3.41. The van der Waals surface area contributed by atoms with E-state index in [0.29, 0.717) is 17.9 Å². The largest absolute Gasteiger partial charge is 0.489 e. The molecule has 2 aliphatic heterocycles. The minimum Gasteiger partial charge on any atom is -0.489 e. The molecule has 0 aromatic heterocycles. The minimum atomic E-state index is 0.429. The Hall–Kier alpha value is -1.22. The molecule has 0 spiro atoms. The van der Waals surface area contributed by atoms with Crippen molar-refractivity contribution in [2.75, 3.05) is 25.1 Å². The van der Waals surface area contributed by atoms with Gasteiger partial charge in [0.1, 0.15) is 12.4 Å². The van der Waals surface area contributed by atoms with Gasteiger partial charge in [0.2, 0.25) is 0 Å². The second-order valence-electron chi connectivity index (χ2n) is 5.92. The van der Waals surface area contributed by atoms with Crippen molar-refractivity contribution in [3.8, 4) is 5.75 Å². The van der Waals surface area contributed by atoms with Crippen LogP contribution in [0.1, 0.15) is 38.2 Å². The quantitative estimate of drug-likeness (QED) is 0.885. The standard InChI is InChI=1S/C16H23NO2/c1-11(2)13-3-4-16-14(9-13)17-15(10-19-16)12-5-7-18-8-6-12/h3-4,9,11-12,15,17H,5-8,10H2,1-2H3. The Morgan fingerprint density at radius 1 is 1.21 bits per heavy atom. The van der Waals surface area contributed by atoms with Crippen LogP contribution in [-0.4, -0.2) is 25.9 Å². The van der Waals surface area contributed by atoms with Gasteiger partial charge in [0.25, 0.3) is 0 Å². The van der Waals surface area contributed by atoms with Gasteiger partial charge in [0.05, 0.1) is 11.7 Å². The lowest BCUT2D eigenvalue weighted by Gasteiger charge is -2.35. The number of ether oxygens (including phenoxy) is 2. The topological polar surface area (TPSA) is 30.5 Å². The molecule has 1 atom stereocenters. The summed E-state index contributed by atoms with van der Waals surface area (Å²) in [6.45, 7) is 7.00. The van der Waals surface area contributed by atoms with Crippen LogP contribution in [0.25, 0.3) is 0 Å². The van der Waals surface area contributed by atoms with Crippen LogP contribution in [0.3, 0.4) is 0 Å². The van der Waals surface area contributed by atoms with Crippen molar-refractivity contribution < 1.29 is 9.47 Å². The van der Waals surface area contributed by atoms with Crippen molar-refractivity contribution in [2.45, 2.75) is 38.6 Å². The van der Waals surface area contributed by atoms with Crippen LogP contribution in [0.5, 0.6) is 5.75 Å². The van der Waals surface area contributed by atoms with Gasteiger partial charge in [-0.2, -0.15) is 0 Å². The summed E-state index contributed by atoms with van der Waals surface area (Å²) in [6.07, 6.45) is 2.28. The van der Waals surface area contributed by atoms with Gasteiger partial charge in [-0.3, -0.25) is 0 Å². The molecule has 0 bridgehead atoms. The van der Waals surface area contributed by atoms with E-state index in [0.717, 1.165) is 44.1 Å². The highest BCUT2D eigenvalue weighted by atomic mass is 16.5. The molecule has 0 radical (unpaired) electrons. The molecule has 19 heavy (non-hydrogen) atoms. The molecule has 2 aliphatic rings. The van der Waals surface area contributed by atoms with Crippen molar-refractivity contribution in [3.05, 3.63) is 23.8 Å². The van der Waals surface area contributed by atoms with Crippen molar-refractivity contribution in [1.82, 2.24) is 0 Å². The Kier molecular flexibility index (Phi) is 3.65. The first-order valence-electron chi connectivity index (χ1n) is 7.35. The molecule has 3 rings (SSSR count). The molecule has 2 heterocycles. The van der Waals surface area contributed by atoms with E-state index in [9.17, 15) is 0 Å². The smallest absolute Gasteiger partial charge is 0.142 e. The fraction of sp³-hybridized carbons (Fsp3) is 0.625. The molecule has 0 saturated carbocycles. The zero-order valence-corrected chi connectivity index (χ0v) is 11.8. The highest BCUT2D eigenvalue weighted by Crippen LogP contribution is 2.34. The summed E-state index contributed by atoms with van der Waals surface area (Å²) in [6, 6.07) is 6.93. The zero-order valence-electron chi connectivity index (χ0n) is 11.8. The third kappa shape index (κ3) is 2.71. The maximum absolute atomic E-state index is 5.92. The fourth-order valence-corrected chi connectivity index (χ4v) is 2.94. The van der Waals surface area contributed by atoms with Crippen molar-refractivity contribution >= 4 is 5.69 Å². The molecule has 1 N–H and O–H groups in total. The minimum absolute atomic E-state index is 0.429.